The highest BCUT2D eigenvalue weighted by atomic mass is 16.7. The quantitative estimate of drug-likeness (QED) is 0.197. The molecule has 4 aliphatic carbocycles. The molecule has 0 aromatic rings. The van der Waals surface area contributed by atoms with Crippen molar-refractivity contribution in [2.24, 2.45) is 34.0 Å². The van der Waals surface area contributed by atoms with Gasteiger partial charge in [0, 0.05) is 10.8 Å². The van der Waals surface area contributed by atoms with Crippen molar-refractivity contribution in [3.05, 3.63) is 12.2 Å². The third-order valence-electron chi connectivity index (χ3n) is 11.0. The highest BCUT2D eigenvalue weighted by Crippen LogP contribution is 2.72. The van der Waals surface area contributed by atoms with Crippen LogP contribution in [0.15, 0.2) is 12.2 Å². The second-order valence-corrected chi connectivity index (χ2v) is 12.4. The highest BCUT2D eigenvalue weighted by molar-refractivity contribution is 5.75. The maximum Gasteiger partial charge on any atom is 0.309 e. The van der Waals surface area contributed by atoms with Crippen LogP contribution >= 0.6 is 0 Å². The molecule has 5 rings (SSSR count). The largest absolute Gasteiger partial charge is 0.481 e. The number of hydrogen-bond acceptors (Lipinski definition) is 9. The average molecular weight is 513 g/mol. The number of aliphatic carboxylic acids is 1. The van der Waals surface area contributed by atoms with Crippen molar-refractivity contribution in [1.82, 2.24) is 0 Å². The van der Waals surface area contributed by atoms with Crippen molar-refractivity contribution in [2.45, 2.75) is 101 Å². The molecule has 7 N–H and O–H groups in total. The Labute approximate surface area is 210 Å². The second-order valence-electron chi connectivity index (χ2n) is 12.4. The first-order valence-electron chi connectivity index (χ1n) is 13.1. The first-order valence-corrected chi connectivity index (χ1v) is 13.1. The van der Waals surface area contributed by atoms with Crippen LogP contribution in [0.3, 0.4) is 0 Å². The van der Waals surface area contributed by atoms with Crippen molar-refractivity contribution in [3.8, 4) is 0 Å². The zero-order chi connectivity index (χ0) is 26.4. The molecule has 2 bridgehead atoms. The Morgan fingerprint density at radius 3 is 2.39 bits per heavy atom. The number of aliphatic hydroxyl groups excluding tert-OH is 6. The number of carbonyl (C=O) groups is 1. The van der Waals surface area contributed by atoms with Crippen molar-refractivity contribution in [1.29, 1.82) is 0 Å². The van der Waals surface area contributed by atoms with Gasteiger partial charge in [-0.15, -0.1) is 0 Å². The Morgan fingerprint density at radius 1 is 1.06 bits per heavy atom. The molecule has 36 heavy (non-hydrogen) atoms. The summed E-state index contributed by atoms with van der Waals surface area (Å²) in [4.78, 5) is 12.6. The van der Waals surface area contributed by atoms with Gasteiger partial charge in [0.2, 0.25) is 0 Å². The highest BCUT2D eigenvalue weighted by Gasteiger charge is 2.73. The summed E-state index contributed by atoms with van der Waals surface area (Å²) < 4.78 is 12.0. The lowest BCUT2D eigenvalue weighted by Crippen LogP contribution is -2.70. The molecular formula is C26H40O10. The predicted octanol–water partition coefficient (Wildman–Crippen LogP) is -0.223. The second kappa shape index (κ2) is 8.71. The van der Waals surface area contributed by atoms with Gasteiger partial charge in [-0.1, -0.05) is 13.5 Å². The first kappa shape index (κ1) is 26.5. The predicted molar refractivity (Wildman–Crippen MR) is 124 cm³/mol. The summed E-state index contributed by atoms with van der Waals surface area (Å²) >= 11 is 0. The van der Waals surface area contributed by atoms with Crippen LogP contribution in [0.5, 0.6) is 0 Å². The monoisotopic (exact) mass is 512 g/mol. The van der Waals surface area contributed by atoms with Crippen molar-refractivity contribution < 1.29 is 50.0 Å². The van der Waals surface area contributed by atoms with Crippen LogP contribution in [0, 0.1) is 34.0 Å². The Morgan fingerprint density at radius 2 is 1.75 bits per heavy atom. The van der Waals surface area contributed by atoms with Gasteiger partial charge in [-0.25, -0.2) is 0 Å². The van der Waals surface area contributed by atoms with Crippen LogP contribution in [-0.4, -0.2) is 97.3 Å². The molecule has 1 heterocycles. The maximum atomic E-state index is 12.6. The number of carboxylic acids is 1. The van der Waals surface area contributed by atoms with E-state index >= 15 is 0 Å². The average Bonchev–Trinajstić information content (AvgIpc) is 3.03. The zero-order valence-corrected chi connectivity index (χ0v) is 20.9. The fourth-order valence-electron chi connectivity index (χ4n) is 8.96. The smallest absolute Gasteiger partial charge is 0.309 e. The van der Waals surface area contributed by atoms with E-state index in [1.807, 2.05) is 6.92 Å². The van der Waals surface area contributed by atoms with Gasteiger partial charge in [0.15, 0.2) is 6.29 Å². The summed E-state index contributed by atoms with van der Waals surface area (Å²) in [5, 5.41) is 74.2. The van der Waals surface area contributed by atoms with E-state index in [4.69, 9.17) is 9.47 Å². The van der Waals surface area contributed by atoms with Gasteiger partial charge in [-0.3, -0.25) is 4.79 Å². The molecule has 0 radical (unpaired) electrons. The minimum atomic E-state index is -1.62. The molecule has 14 atom stereocenters. The Kier molecular flexibility index (Phi) is 6.41. The molecule has 0 amide bonds. The van der Waals surface area contributed by atoms with E-state index in [1.165, 1.54) is 0 Å². The molecule has 0 aromatic carbocycles. The van der Waals surface area contributed by atoms with Crippen molar-refractivity contribution in [2.75, 3.05) is 6.61 Å². The molecule has 1 saturated heterocycles. The van der Waals surface area contributed by atoms with Crippen LogP contribution in [0.4, 0.5) is 0 Å². The lowest BCUT2D eigenvalue weighted by Gasteiger charge is -2.67. The van der Waals surface area contributed by atoms with E-state index in [2.05, 4.69) is 6.58 Å². The third kappa shape index (κ3) is 3.29. The summed E-state index contributed by atoms with van der Waals surface area (Å²) in [5.41, 5.74) is -2.11. The summed E-state index contributed by atoms with van der Waals surface area (Å²) in [6, 6.07) is 0. The molecule has 5 fully saturated rings. The van der Waals surface area contributed by atoms with Crippen LogP contribution in [0.25, 0.3) is 0 Å². The normalized spacial score (nSPS) is 56.7. The van der Waals surface area contributed by atoms with Gasteiger partial charge in [0.1, 0.15) is 24.4 Å². The number of rotatable bonds is 4. The van der Waals surface area contributed by atoms with E-state index in [0.29, 0.717) is 31.3 Å². The molecule has 10 nitrogen and oxygen atoms in total. The van der Waals surface area contributed by atoms with Gasteiger partial charge < -0.3 is 45.2 Å². The minimum Gasteiger partial charge on any atom is -0.481 e. The lowest BCUT2D eigenvalue weighted by atomic mass is 9.39. The fraction of sp³-hybridized carbons (Fsp3) is 0.885. The Balaban J connectivity index is 1.59. The molecule has 0 aromatic heterocycles. The number of ether oxygens (including phenoxy) is 2. The van der Waals surface area contributed by atoms with Gasteiger partial charge in [-0.2, -0.15) is 0 Å². The fourth-order valence-corrected chi connectivity index (χ4v) is 8.96. The van der Waals surface area contributed by atoms with E-state index in [0.717, 1.165) is 6.42 Å². The van der Waals surface area contributed by atoms with E-state index < -0.39 is 83.8 Å². The first-order chi connectivity index (χ1) is 16.8. The topological polar surface area (TPSA) is 177 Å². The third-order valence-corrected chi connectivity index (χ3v) is 11.0. The molecule has 1 spiro atoms. The summed E-state index contributed by atoms with van der Waals surface area (Å²) in [6.07, 6.45) is -6.98. The molecule has 1 aliphatic heterocycles. The molecule has 4 saturated carbocycles. The zero-order valence-electron chi connectivity index (χ0n) is 20.9. The molecule has 10 heteroatoms. The maximum absolute atomic E-state index is 12.6. The SMILES string of the molecule is C=C1[C@@H]2CCC3[C@@]4(C)C(C[C@H](O[C@@H]5O[C@H](CO)[C@@H](O)[C@H](O)[C@H]5O)[C@]3(C2)[C@H]1O)[C@](C)(C(=O)O)CC[C@@H]4O. The summed E-state index contributed by atoms with van der Waals surface area (Å²) in [7, 11) is 0. The van der Waals surface area contributed by atoms with E-state index in [1.54, 1.807) is 6.92 Å². The van der Waals surface area contributed by atoms with Gasteiger partial charge >= 0.3 is 5.97 Å². The number of fused-ring (bicyclic) bond motifs is 3. The molecular weight excluding hydrogens is 472 g/mol. The van der Waals surface area contributed by atoms with E-state index in [9.17, 15) is 40.5 Å². The Hall–Kier alpha value is -1.11. The van der Waals surface area contributed by atoms with Crippen LogP contribution in [0.2, 0.25) is 0 Å². The summed E-state index contributed by atoms with van der Waals surface area (Å²) in [6.45, 7) is 7.22. The van der Waals surface area contributed by atoms with Crippen LogP contribution < -0.4 is 0 Å². The van der Waals surface area contributed by atoms with Crippen molar-refractivity contribution >= 4 is 5.97 Å². The number of hydrogen-bond donors (Lipinski definition) is 7. The number of aliphatic hydroxyl groups is 6. The molecule has 204 valence electrons. The van der Waals surface area contributed by atoms with E-state index in [-0.39, 0.29) is 18.3 Å². The van der Waals surface area contributed by atoms with Crippen LogP contribution in [-0.2, 0) is 14.3 Å². The number of carboxylic acid groups (broad SMARTS) is 1. The Bertz CT molecular complexity index is 909. The summed E-state index contributed by atoms with van der Waals surface area (Å²) in [5.74, 6) is -1.66. The van der Waals surface area contributed by atoms with Crippen LogP contribution in [0.1, 0.15) is 52.4 Å². The molecule has 2 unspecified atom stereocenters. The van der Waals surface area contributed by atoms with Crippen molar-refractivity contribution in [3.63, 3.8) is 0 Å². The van der Waals surface area contributed by atoms with Gasteiger partial charge in [0.05, 0.1) is 30.3 Å². The standard InChI is InChI=1S/C26H40O10/c1-11-12-4-5-14-25(3)15(24(2,23(33)34)7-6-16(25)28)8-17(26(14,9-12)21(11)32)36-22-20(31)19(30)18(29)13(10-27)35-22/h12-22,27-32H,1,4-10H2,2-3H3,(H,33,34)/t12-,13-,14?,15?,16+,17+,18-,19+,20-,21+,22+,24-,25+,26-/m1/s1. The lowest BCUT2D eigenvalue weighted by molar-refractivity contribution is -0.344. The molecule has 5 aliphatic rings. The minimum absolute atomic E-state index is 0.0592. The van der Waals surface area contributed by atoms with Gasteiger partial charge in [-0.05, 0) is 68.8 Å². The van der Waals surface area contributed by atoms with Gasteiger partial charge in [0.25, 0.3) is 0 Å².